The zero-order valence-corrected chi connectivity index (χ0v) is 15.9. The number of aromatic nitrogens is 3. The van der Waals surface area contributed by atoms with Gasteiger partial charge in [-0.3, -0.25) is 19.7 Å². The topological polar surface area (TPSA) is 102 Å². The van der Waals surface area contributed by atoms with Crippen molar-refractivity contribution >= 4 is 17.4 Å². The summed E-state index contributed by atoms with van der Waals surface area (Å²) in [6, 6.07) is 4.57. The number of aliphatic hydroxyl groups excluding tert-OH is 1. The van der Waals surface area contributed by atoms with Gasteiger partial charge < -0.3 is 14.9 Å². The Morgan fingerprint density at radius 1 is 1.30 bits per heavy atom. The minimum atomic E-state index is -0.736. The second-order valence-corrected chi connectivity index (χ2v) is 6.86. The van der Waals surface area contributed by atoms with E-state index in [4.69, 9.17) is 0 Å². The number of ketones is 1. The van der Waals surface area contributed by atoms with Crippen LogP contribution in [0.15, 0.2) is 30.0 Å². The van der Waals surface area contributed by atoms with Crippen LogP contribution in [0.25, 0.3) is 5.76 Å². The van der Waals surface area contributed by atoms with Gasteiger partial charge in [0.05, 0.1) is 22.5 Å². The molecule has 8 heteroatoms. The van der Waals surface area contributed by atoms with Crippen LogP contribution >= 0.6 is 0 Å². The molecule has 0 unspecified atom stereocenters. The molecule has 3 heterocycles. The van der Waals surface area contributed by atoms with Crippen molar-refractivity contribution < 1.29 is 14.7 Å². The van der Waals surface area contributed by atoms with Crippen LogP contribution in [-0.4, -0.2) is 69.0 Å². The largest absolute Gasteiger partial charge is 0.507 e. The SMILES string of the molecule is Cc1n[nH]c(C)c1/C(O)=C1\C(=O)C(=O)N(CCN(C)C)[C@@H]1c1ccccn1. The van der Waals surface area contributed by atoms with Gasteiger partial charge in [-0.2, -0.15) is 5.10 Å². The Balaban J connectivity index is 2.17. The van der Waals surface area contributed by atoms with Crippen molar-refractivity contribution in [1.29, 1.82) is 0 Å². The molecule has 0 aromatic carbocycles. The van der Waals surface area contributed by atoms with Crippen LogP contribution in [0, 0.1) is 13.8 Å². The van der Waals surface area contributed by atoms with Crippen molar-refractivity contribution in [3.8, 4) is 0 Å². The number of aryl methyl sites for hydroxylation is 2. The van der Waals surface area contributed by atoms with Crippen molar-refractivity contribution in [1.82, 2.24) is 25.0 Å². The number of nitrogens with one attached hydrogen (secondary N) is 1. The van der Waals surface area contributed by atoms with Crippen molar-refractivity contribution in [2.24, 2.45) is 0 Å². The van der Waals surface area contributed by atoms with Crippen LogP contribution in [0.4, 0.5) is 0 Å². The first-order chi connectivity index (χ1) is 12.8. The standard InChI is InChI=1S/C19H23N5O3/c1-11-14(12(2)22-21-11)17(25)15-16(13-7-5-6-8-20-13)24(10-9-23(3)4)19(27)18(15)26/h5-8,16,25H,9-10H2,1-4H3,(H,21,22)/b17-15+/t16-/m1/s1. The monoisotopic (exact) mass is 369 g/mol. The quantitative estimate of drug-likeness (QED) is 0.469. The van der Waals surface area contributed by atoms with E-state index in [0.29, 0.717) is 35.7 Å². The van der Waals surface area contributed by atoms with Crippen LogP contribution in [-0.2, 0) is 9.59 Å². The number of carbonyl (C=O) groups is 2. The number of aromatic amines is 1. The molecule has 0 radical (unpaired) electrons. The third-order valence-corrected chi connectivity index (χ3v) is 4.66. The van der Waals surface area contributed by atoms with E-state index in [1.165, 1.54) is 4.90 Å². The highest BCUT2D eigenvalue weighted by Crippen LogP contribution is 2.39. The van der Waals surface area contributed by atoms with E-state index in [9.17, 15) is 14.7 Å². The lowest BCUT2D eigenvalue weighted by molar-refractivity contribution is -0.140. The number of rotatable bonds is 5. The Hall–Kier alpha value is -3.00. The summed E-state index contributed by atoms with van der Waals surface area (Å²) in [6.45, 7) is 4.42. The summed E-state index contributed by atoms with van der Waals surface area (Å²) < 4.78 is 0. The van der Waals surface area contributed by atoms with E-state index in [1.54, 1.807) is 38.2 Å². The van der Waals surface area contributed by atoms with Crippen molar-refractivity contribution in [2.45, 2.75) is 19.9 Å². The maximum Gasteiger partial charge on any atom is 0.295 e. The van der Waals surface area contributed by atoms with Crippen molar-refractivity contribution in [3.63, 3.8) is 0 Å². The molecule has 1 aliphatic heterocycles. The van der Waals surface area contributed by atoms with E-state index < -0.39 is 17.7 Å². The van der Waals surface area contributed by atoms with Crippen LogP contribution in [0.2, 0.25) is 0 Å². The molecule has 0 bridgehead atoms. The number of H-pyrrole nitrogens is 1. The molecule has 3 rings (SSSR count). The second kappa shape index (κ2) is 7.32. The van der Waals surface area contributed by atoms with Gasteiger partial charge in [0.15, 0.2) is 0 Å². The molecule has 1 saturated heterocycles. The molecular formula is C19H23N5O3. The van der Waals surface area contributed by atoms with Crippen molar-refractivity contribution in [3.05, 3.63) is 52.6 Å². The molecule has 1 fully saturated rings. The summed E-state index contributed by atoms with van der Waals surface area (Å²) in [5.41, 5.74) is 2.22. The number of pyridine rings is 1. The van der Waals surface area contributed by atoms with Crippen LogP contribution in [0.3, 0.4) is 0 Å². The number of hydrogen-bond donors (Lipinski definition) is 2. The summed E-state index contributed by atoms with van der Waals surface area (Å²) in [4.78, 5) is 33.3. The van der Waals surface area contributed by atoms with Crippen LogP contribution < -0.4 is 0 Å². The highest BCUT2D eigenvalue weighted by Gasteiger charge is 2.46. The fourth-order valence-electron chi connectivity index (χ4n) is 3.30. The molecule has 1 aliphatic rings. The minimum Gasteiger partial charge on any atom is -0.507 e. The van der Waals surface area contributed by atoms with E-state index in [0.717, 1.165) is 0 Å². The van der Waals surface area contributed by atoms with E-state index in [-0.39, 0.29) is 11.3 Å². The number of amides is 1. The molecule has 2 aromatic heterocycles. The van der Waals surface area contributed by atoms with Gasteiger partial charge in [-0.1, -0.05) is 6.07 Å². The van der Waals surface area contributed by atoms with Gasteiger partial charge in [0.25, 0.3) is 11.7 Å². The van der Waals surface area contributed by atoms with Gasteiger partial charge in [-0.15, -0.1) is 0 Å². The van der Waals surface area contributed by atoms with Gasteiger partial charge in [0, 0.05) is 25.0 Å². The fraction of sp³-hybridized carbons (Fsp3) is 0.368. The van der Waals surface area contributed by atoms with Gasteiger partial charge in [0.1, 0.15) is 11.8 Å². The predicted octanol–water partition coefficient (Wildman–Crippen LogP) is 1.40. The number of hydrogen-bond acceptors (Lipinski definition) is 6. The summed E-state index contributed by atoms with van der Waals surface area (Å²) in [6.07, 6.45) is 1.61. The average Bonchev–Trinajstić information content (AvgIpc) is 3.10. The lowest BCUT2D eigenvalue weighted by atomic mass is 9.97. The number of carbonyl (C=O) groups excluding carboxylic acids is 2. The Labute approximate surface area is 157 Å². The molecule has 8 nitrogen and oxygen atoms in total. The fourth-order valence-corrected chi connectivity index (χ4v) is 3.30. The zero-order chi connectivity index (χ0) is 19.7. The smallest absolute Gasteiger partial charge is 0.295 e. The number of nitrogens with zero attached hydrogens (tertiary/aromatic N) is 4. The van der Waals surface area contributed by atoms with Gasteiger partial charge in [-0.05, 0) is 40.1 Å². The predicted molar refractivity (Wildman–Crippen MR) is 99.9 cm³/mol. The maximum atomic E-state index is 12.8. The summed E-state index contributed by atoms with van der Waals surface area (Å²) in [7, 11) is 3.79. The number of Topliss-reactive ketones (excluding diaryl/α,β-unsaturated/α-hetero) is 1. The third kappa shape index (κ3) is 3.35. The Morgan fingerprint density at radius 2 is 2.04 bits per heavy atom. The highest BCUT2D eigenvalue weighted by molar-refractivity contribution is 6.46. The molecule has 1 atom stereocenters. The molecule has 1 amide bonds. The summed E-state index contributed by atoms with van der Waals surface area (Å²) in [5, 5.41) is 17.8. The average molecular weight is 369 g/mol. The second-order valence-electron chi connectivity index (χ2n) is 6.86. The summed E-state index contributed by atoms with van der Waals surface area (Å²) in [5.74, 6) is -1.56. The first kappa shape index (κ1) is 18.8. The third-order valence-electron chi connectivity index (χ3n) is 4.66. The van der Waals surface area contributed by atoms with Gasteiger partial charge >= 0.3 is 0 Å². The number of likely N-dealkylation sites (N-methyl/N-ethyl adjacent to an activating group) is 1. The number of likely N-dealkylation sites (tertiary alicyclic amines) is 1. The highest BCUT2D eigenvalue weighted by atomic mass is 16.3. The minimum absolute atomic E-state index is 0.0463. The molecule has 0 spiro atoms. The first-order valence-electron chi connectivity index (χ1n) is 8.69. The number of aliphatic hydroxyl groups is 1. The van der Waals surface area contributed by atoms with Crippen molar-refractivity contribution in [2.75, 3.05) is 27.2 Å². The van der Waals surface area contributed by atoms with E-state index >= 15 is 0 Å². The van der Waals surface area contributed by atoms with E-state index in [2.05, 4.69) is 15.2 Å². The lowest BCUT2D eigenvalue weighted by Crippen LogP contribution is -2.35. The molecular weight excluding hydrogens is 346 g/mol. The zero-order valence-electron chi connectivity index (χ0n) is 15.9. The molecule has 0 saturated carbocycles. The van der Waals surface area contributed by atoms with Crippen LogP contribution in [0.5, 0.6) is 0 Å². The first-order valence-corrected chi connectivity index (χ1v) is 8.69. The Morgan fingerprint density at radius 3 is 2.59 bits per heavy atom. The lowest BCUT2D eigenvalue weighted by Gasteiger charge is -2.25. The van der Waals surface area contributed by atoms with E-state index in [1.807, 2.05) is 19.0 Å². The Bertz CT molecular complexity index is 882. The van der Waals surface area contributed by atoms with Gasteiger partial charge in [-0.25, -0.2) is 0 Å². The molecule has 27 heavy (non-hydrogen) atoms. The van der Waals surface area contributed by atoms with Crippen LogP contribution in [0.1, 0.15) is 28.7 Å². The normalized spacial score (nSPS) is 19.3. The molecule has 0 aliphatic carbocycles. The Kier molecular flexibility index (Phi) is 5.09. The molecule has 2 N–H and O–H groups in total. The molecule has 2 aromatic rings. The molecule has 142 valence electrons. The van der Waals surface area contributed by atoms with Gasteiger partial charge in [0.2, 0.25) is 0 Å². The summed E-state index contributed by atoms with van der Waals surface area (Å²) >= 11 is 0. The maximum absolute atomic E-state index is 12.8.